The second-order valence-electron chi connectivity index (χ2n) is 9.12. The van der Waals surface area contributed by atoms with Crippen molar-refractivity contribution in [2.45, 2.75) is 57.8 Å². The fourth-order valence-electron chi connectivity index (χ4n) is 5.47. The molecule has 0 unspecified atom stereocenters. The Labute approximate surface area is 167 Å². The quantitative estimate of drug-likeness (QED) is 0.575. The standard InChI is InChI=1S/C21H35N3O4/c22-20(27)15-5-9-23(10-6-15)11-7-18-14-24(12-8-17(18)13-19(25)26)21(28)16-3-1-2-4-16/h15-18H,1-14H2,(H2,22,27)(H,25,26)/t17-,18-/m0/s1. The second kappa shape index (κ2) is 9.72. The molecule has 2 aliphatic heterocycles. The third-order valence-electron chi connectivity index (χ3n) is 7.30. The molecule has 1 aliphatic carbocycles. The fraction of sp³-hybridized carbons (Fsp3) is 0.857. The van der Waals surface area contributed by atoms with E-state index in [2.05, 4.69) is 0 Å². The minimum atomic E-state index is -0.986. The van der Waals surface area contributed by atoms with Crippen LogP contribution in [0, 0.1) is 23.7 Å². The van der Waals surface area contributed by atoms with Gasteiger partial charge in [-0.25, -0.2) is 0 Å². The number of likely N-dealkylation sites (tertiary alicyclic amines) is 2. The van der Waals surface area contributed by atoms with Crippen molar-refractivity contribution in [1.82, 2.24) is 4.90 Å². The molecule has 3 fully saturated rings. The summed E-state index contributed by atoms with van der Waals surface area (Å²) in [5.74, 6) is -0.398. The van der Waals surface area contributed by atoms with Crippen molar-refractivity contribution in [3.8, 4) is 0 Å². The number of hydrogen-bond donors (Lipinski definition) is 2. The van der Waals surface area contributed by atoms with Gasteiger partial charge >= 0.3 is 0 Å². The van der Waals surface area contributed by atoms with Crippen LogP contribution in [-0.4, -0.2) is 55.4 Å². The van der Waals surface area contributed by atoms with Crippen molar-refractivity contribution in [3.05, 3.63) is 0 Å². The van der Waals surface area contributed by atoms with Gasteiger partial charge in [0, 0.05) is 50.2 Å². The molecule has 3 aliphatic rings. The number of carbonyl (C=O) groups excluding carboxylic acids is 3. The Morgan fingerprint density at radius 1 is 0.964 bits per heavy atom. The average molecular weight is 394 g/mol. The number of hydrogen-bond acceptors (Lipinski definition) is 4. The lowest BCUT2D eigenvalue weighted by molar-refractivity contribution is -0.906. The molecule has 7 nitrogen and oxygen atoms in total. The Morgan fingerprint density at radius 2 is 1.64 bits per heavy atom. The van der Waals surface area contributed by atoms with Crippen LogP contribution in [0.5, 0.6) is 0 Å². The van der Waals surface area contributed by atoms with Crippen LogP contribution in [0.4, 0.5) is 0 Å². The Bertz CT molecular complexity index is 568. The number of nitrogens with zero attached hydrogens (tertiary/aromatic N) is 1. The predicted molar refractivity (Wildman–Crippen MR) is 102 cm³/mol. The molecule has 0 aromatic heterocycles. The molecule has 3 rings (SSSR count). The lowest BCUT2D eigenvalue weighted by atomic mass is 9.80. The smallest absolute Gasteiger partial charge is 0.225 e. The van der Waals surface area contributed by atoms with E-state index in [1.807, 2.05) is 4.90 Å². The molecule has 158 valence electrons. The molecule has 0 radical (unpaired) electrons. The number of primary amides is 1. The SMILES string of the molecule is NC(=O)C1CC[NH+](CC[C@H]2CN(C(=O)C3CCCC3)CC[C@H]2CC(=O)[O-])CC1. The van der Waals surface area contributed by atoms with E-state index in [0.717, 1.165) is 71.0 Å². The maximum absolute atomic E-state index is 12.8. The summed E-state index contributed by atoms with van der Waals surface area (Å²) in [4.78, 5) is 38.8. The molecular weight excluding hydrogens is 358 g/mol. The first-order chi connectivity index (χ1) is 13.4. The first kappa shape index (κ1) is 21.1. The van der Waals surface area contributed by atoms with Gasteiger partial charge in [-0.05, 0) is 37.5 Å². The monoisotopic (exact) mass is 393 g/mol. The van der Waals surface area contributed by atoms with Gasteiger partial charge in [0.25, 0.3) is 0 Å². The number of carbonyl (C=O) groups is 3. The number of quaternary nitrogens is 1. The van der Waals surface area contributed by atoms with E-state index >= 15 is 0 Å². The van der Waals surface area contributed by atoms with Crippen molar-refractivity contribution in [1.29, 1.82) is 0 Å². The Hall–Kier alpha value is -1.63. The first-order valence-electron chi connectivity index (χ1n) is 11.1. The molecule has 0 aromatic rings. The van der Waals surface area contributed by atoms with E-state index in [1.54, 1.807) is 0 Å². The Morgan fingerprint density at radius 3 is 2.25 bits per heavy atom. The number of nitrogens with one attached hydrogen (secondary N) is 1. The van der Waals surface area contributed by atoms with Gasteiger partial charge in [0.15, 0.2) is 0 Å². The molecule has 1 saturated carbocycles. The van der Waals surface area contributed by atoms with E-state index in [0.29, 0.717) is 13.1 Å². The number of amides is 2. The number of rotatable bonds is 7. The molecular formula is C21H35N3O4. The highest BCUT2D eigenvalue weighted by Gasteiger charge is 2.35. The highest BCUT2D eigenvalue weighted by molar-refractivity contribution is 5.79. The summed E-state index contributed by atoms with van der Waals surface area (Å²) in [6, 6.07) is 0. The van der Waals surface area contributed by atoms with Crippen LogP contribution >= 0.6 is 0 Å². The number of nitrogens with two attached hydrogens (primary N) is 1. The predicted octanol–water partition coefficient (Wildman–Crippen LogP) is -1.05. The molecule has 2 heterocycles. The minimum Gasteiger partial charge on any atom is -0.550 e. The molecule has 0 bridgehead atoms. The fourth-order valence-corrected chi connectivity index (χ4v) is 5.47. The lowest BCUT2D eigenvalue weighted by Gasteiger charge is -2.40. The largest absolute Gasteiger partial charge is 0.550 e. The highest BCUT2D eigenvalue weighted by Crippen LogP contribution is 2.32. The van der Waals surface area contributed by atoms with Crippen molar-refractivity contribution in [3.63, 3.8) is 0 Å². The minimum absolute atomic E-state index is 0.00351. The number of carboxylic acid groups (broad SMARTS) is 1. The Kier molecular flexibility index (Phi) is 7.32. The molecule has 28 heavy (non-hydrogen) atoms. The zero-order valence-corrected chi connectivity index (χ0v) is 16.9. The van der Waals surface area contributed by atoms with Crippen LogP contribution in [0.3, 0.4) is 0 Å². The van der Waals surface area contributed by atoms with Crippen LogP contribution in [0.2, 0.25) is 0 Å². The van der Waals surface area contributed by atoms with Gasteiger partial charge in [-0.1, -0.05) is 12.8 Å². The van der Waals surface area contributed by atoms with Crippen LogP contribution in [0.15, 0.2) is 0 Å². The summed E-state index contributed by atoms with van der Waals surface area (Å²) >= 11 is 0. The van der Waals surface area contributed by atoms with Gasteiger partial charge in [-0.2, -0.15) is 0 Å². The topological polar surface area (TPSA) is 108 Å². The van der Waals surface area contributed by atoms with Crippen molar-refractivity contribution >= 4 is 17.8 Å². The molecule has 2 amide bonds. The van der Waals surface area contributed by atoms with E-state index in [-0.39, 0.29) is 41.9 Å². The third-order valence-corrected chi connectivity index (χ3v) is 7.30. The summed E-state index contributed by atoms with van der Waals surface area (Å²) in [6.07, 6.45) is 7.74. The maximum atomic E-state index is 12.8. The maximum Gasteiger partial charge on any atom is 0.225 e. The normalized spacial score (nSPS) is 31.6. The zero-order chi connectivity index (χ0) is 20.1. The van der Waals surface area contributed by atoms with Crippen molar-refractivity contribution in [2.75, 3.05) is 32.7 Å². The number of aliphatic carboxylic acids is 1. The molecule has 3 N–H and O–H groups in total. The molecule has 2 saturated heterocycles. The Balaban J connectivity index is 1.53. The third kappa shape index (κ3) is 5.46. The van der Waals surface area contributed by atoms with Crippen molar-refractivity contribution < 1.29 is 24.4 Å². The summed E-state index contributed by atoms with van der Waals surface area (Å²) in [6.45, 7) is 4.21. The van der Waals surface area contributed by atoms with Gasteiger partial charge < -0.3 is 25.4 Å². The van der Waals surface area contributed by atoms with Crippen molar-refractivity contribution in [2.24, 2.45) is 29.4 Å². The van der Waals surface area contributed by atoms with E-state index in [9.17, 15) is 19.5 Å². The molecule has 0 spiro atoms. The highest BCUT2D eigenvalue weighted by atomic mass is 16.4. The van der Waals surface area contributed by atoms with Gasteiger partial charge in [0.1, 0.15) is 0 Å². The van der Waals surface area contributed by atoms with Crippen LogP contribution in [0.1, 0.15) is 57.8 Å². The van der Waals surface area contributed by atoms with Gasteiger partial charge in [-0.15, -0.1) is 0 Å². The van der Waals surface area contributed by atoms with Crippen LogP contribution < -0.4 is 15.7 Å². The summed E-state index contributed by atoms with van der Waals surface area (Å²) in [7, 11) is 0. The summed E-state index contributed by atoms with van der Waals surface area (Å²) < 4.78 is 0. The lowest BCUT2D eigenvalue weighted by Crippen LogP contribution is -3.13. The average Bonchev–Trinajstić information content (AvgIpc) is 3.21. The van der Waals surface area contributed by atoms with Gasteiger partial charge in [-0.3, -0.25) is 9.59 Å². The summed E-state index contributed by atoms with van der Waals surface area (Å²) in [5, 5.41) is 11.2. The van der Waals surface area contributed by atoms with E-state index in [4.69, 9.17) is 5.73 Å². The zero-order valence-electron chi connectivity index (χ0n) is 16.9. The van der Waals surface area contributed by atoms with Gasteiger partial charge in [0.2, 0.25) is 11.8 Å². The number of carboxylic acids is 1. The van der Waals surface area contributed by atoms with Gasteiger partial charge in [0.05, 0.1) is 19.6 Å². The number of piperidine rings is 2. The van der Waals surface area contributed by atoms with E-state index < -0.39 is 5.97 Å². The molecule has 7 heteroatoms. The summed E-state index contributed by atoms with van der Waals surface area (Å²) in [5.41, 5.74) is 5.42. The van der Waals surface area contributed by atoms with E-state index in [1.165, 1.54) is 4.90 Å². The van der Waals surface area contributed by atoms with Crippen LogP contribution in [0.25, 0.3) is 0 Å². The molecule has 0 aromatic carbocycles. The molecule has 2 atom stereocenters. The van der Waals surface area contributed by atoms with Crippen LogP contribution in [-0.2, 0) is 14.4 Å². The first-order valence-corrected chi connectivity index (χ1v) is 11.1. The second-order valence-corrected chi connectivity index (χ2v) is 9.12.